The first-order chi connectivity index (χ1) is 17.7. The number of para-hydroxylation sites is 1. The Labute approximate surface area is 215 Å². The fourth-order valence-electron chi connectivity index (χ4n) is 4.39. The van der Waals surface area contributed by atoms with Crippen LogP contribution in [0.15, 0.2) is 64.2 Å². The minimum absolute atomic E-state index is 0.00326. The quantitative estimate of drug-likeness (QED) is 0.363. The number of nitrogens with zero attached hydrogens (tertiary/aromatic N) is 3. The Hall–Kier alpha value is -4.20. The summed E-state index contributed by atoms with van der Waals surface area (Å²) in [6, 6.07) is 17.2. The number of nitrogens with two attached hydrogens (primary N) is 1. The lowest BCUT2D eigenvalue weighted by Crippen LogP contribution is -2.42. The highest BCUT2D eigenvalue weighted by Crippen LogP contribution is 2.28. The molecule has 0 aliphatic carbocycles. The molecule has 0 atom stereocenters. The number of benzene rings is 2. The van der Waals surface area contributed by atoms with Crippen molar-refractivity contribution in [3.8, 4) is 11.3 Å². The molecule has 0 saturated carbocycles. The monoisotopic (exact) mass is 499 g/mol. The zero-order chi connectivity index (χ0) is 26.7. The van der Waals surface area contributed by atoms with E-state index in [9.17, 15) is 14.4 Å². The molecule has 37 heavy (non-hydrogen) atoms. The van der Waals surface area contributed by atoms with Crippen molar-refractivity contribution in [2.75, 3.05) is 17.2 Å². The molecule has 4 rings (SSSR count). The molecule has 0 unspecified atom stereocenters. The highest BCUT2D eigenvalue weighted by molar-refractivity contribution is 6.14. The smallest absolute Gasteiger partial charge is 0.330 e. The number of nitrogens with one attached hydrogen (secondary N) is 1. The van der Waals surface area contributed by atoms with Crippen LogP contribution < -0.4 is 21.9 Å². The number of rotatable bonds is 8. The summed E-state index contributed by atoms with van der Waals surface area (Å²) in [5.41, 5.74) is 8.89. The third-order valence-electron chi connectivity index (χ3n) is 6.31. The second-order valence-corrected chi connectivity index (χ2v) is 9.75. The lowest BCUT2D eigenvalue weighted by molar-refractivity contribution is 0.0987. The predicted octanol–water partition coefficient (Wildman–Crippen LogP) is 4.75. The Morgan fingerprint density at radius 1 is 1.11 bits per heavy atom. The Bertz CT molecular complexity index is 1550. The topological polar surface area (TPSA) is 114 Å². The summed E-state index contributed by atoms with van der Waals surface area (Å²) in [7, 11) is 0. The fourth-order valence-corrected chi connectivity index (χ4v) is 4.39. The van der Waals surface area contributed by atoms with Gasteiger partial charge in [-0.3, -0.25) is 19.1 Å². The van der Waals surface area contributed by atoms with Crippen molar-refractivity contribution in [1.29, 1.82) is 0 Å². The van der Waals surface area contributed by atoms with Gasteiger partial charge in [-0.25, -0.2) is 9.78 Å². The number of carbonyl (C=O) groups excluding carboxylic acids is 1. The summed E-state index contributed by atoms with van der Waals surface area (Å²) < 4.78 is 1.33. The van der Waals surface area contributed by atoms with E-state index in [1.54, 1.807) is 6.07 Å². The first kappa shape index (κ1) is 25.9. The molecule has 2 heterocycles. The van der Waals surface area contributed by atoms with Gasteiger partial charge in [0.1, 0.15) is 5.82 Å². The van der Waals surface area contributed by atoms with Gasteiger partial charge >= 0.3 is 5.69 Å². The molecule has 0 spiro atoms. The van der Waals surface area contributed by atoms with E-state index in [1.807, 2.05) is 76.2 Å². The first-order valence-electron chi connectivity index (χ1n) is 12.6. The molecule has 192 valence electrons. The van der Waals surface area contributed by atoms with Gasteiger partial charge in [-0.15, -0.1) is 0 Å². The molecule has 0 bridgehead atoms. The average molecular weight is 500 g/mol. The van der Waals surface area contributed by atoms with Gasteiger partial charge in [-0.2, -0.15) is 0 Å². The summed E-state index contributed by atoms with van der Waals surface area (Å²) in [6.45, 7) is 8.52. The van der Waals surface area contributed by atoms with Crippen LogP contribution in [-0.2, 0) is 6.54 Å². The van der Waals surface area contributed by atoms with Gasteiger partial charge in [-0.1, -0.05) is 75.2 Å². The molecule has 0 aliphatic heterocycles. The number of carbonyl (C=O) groups is 1. The minimum Gasteiger partial charge on any atom is -0.383 e. The Morgan fingerprint density at radius 3 is 2.49 bits per heavy atom. The number of anilines is 2. The highest BCUT2D eigenvalue weighted by atomic mass is 16.2. The van der Waals surface area contributed by atoms with Crippen LogP contribution in [0.3, 0.4) is 0 Å². The van der Waals surface area contributed by atoms with Crippen LogP contribution in [0.25, 0.3) is 22.2 Å². The standard InChI is InChI=1S/C29H33N5O3/c1-5-6-15-33(25-26(30)34(17-18(2)3)29(37)32-27(25)35)28(36)22-16-24(20-13-11-19(4)12-14-20)31-23-10-8-7-9-21(22)23/h7-14,16,18H,5-6,15,17,30H2,1-4H3,(H,32,35,37). The van der Waals surface area contributed by atoms with Crippen LogP contribution in [0.5, 0.6) is 0 Å². The average Bonchev–Trinajstić information content (AvgIpc) is 2.87. The van der Waals surface area contributed by atoms with E-state index in [-0.39, 0.29) is 29.9 Å². The van der Waals surface area contributed by atoms with Crippen molar-refractivity contribution in [3.63, 3.8) is 0 Å². The maximum absolute atomic E-state index is 14.2. The SMILES string of the molecule is CCCCN(C(=O)c1cc(-c2ccc(C)cc2)nc2ccccc12)c1c(N)n(CC(C)C)c(=O)[nH]c1=O. The molecule has 2 aromatic heterocycles. The highest BCUT2D eigenvalue weighted by Gasteiger charge is 2.27. The van der Waals surface area contributed by atoms with Gasteiger partial charge in [0.05, 0.1) is 16.8 Å². The summed E-state index contributed by atoms with van der Waals surface area (Å²) in [5, 5.41) is 0.676. The molecule has 3 N–H and O–H groups in total. The Kier molecular flexibility index (Phi) is 7.57. The maximum Gasteiger partial charge on any atom is 0.330 e. The maximum atomic E-state index is 14.2. The van der Waals surface area contributed by atoms with E-state index in [4.69, 9.17) is 10.7 Å². The largest absolute Gasteiger partial charge is 0.383 e. The molecule has 0 fully saturated rings. The van der Waals surface area contributed by atoms with E-state index < -0.39 is 11.2 Å². The molecule has 0 radical (unpaired) electrons. The number of aromatic nitrogens is 3. The van der Waals surface area contributed by atoms with Gasteiger partial charge < -0.3 is 10.6 Å². The van der Waals surface area contributed by atoms with Crippen molar-refractivity contribution in [3.05, 3.63) is 86.6 Å². The van der Waals surface area contributed by atoms with E-state index in [0.29, 0.717) is 35.1 Å². The number of pyridine rings is 1. The number of H-pyrrole nitrogens is 1. The zero-order valence-electron chi connectivity index (χ0n) is 21.7. The third-order valence-corrected chi connectivity index (χ3v) is 6.31. The third kappa shape index (κ3) is 5.33. The number of nitrogen functional groups attached to an aromatic ring is 1. The van der Waals surface area contributed by atoms with E-state index in [0.717, 1.165) is 17.5 Å². The van der Waals surface area contributed by atoms with Crippen LogP contribution in [0.2, 0.25) is 0 Å². The summed E-state index contributed by atoms with van der Waals surface area (Å²) in [6.07, 6.45) is 1.46. The summed E-state index contributed by atoms with van der Waals surface area (Å²) >= 11 is 0. The summed E-state index contributed by atoms with van der Waals surface area (Å²) in [4.78, 5) is 48.4. The van der Waals surface area contributed by atoms with Gasteiger partial charge in [-0.05, 0) is 31.4 Å². The van der Waals surface area contributed by atoms with Crippen molar-refractivity contribution >= 4 is 28.3 Å². The normalized spacial score (nSPS) is 11.3. The van der Waals surface area contributed by atoms with E-state index in [1.165, 1.54) is 9.47 Å². The molecular formula is C29H33N5O3. The summed E-state index contributed by atoms with van der Waals surface area (Å²) in [5.74, 6) is -0.267. The number of unbranched alkanes of at least 4 members (excludes halogenated alkanes) is 1. The number of fused-ring (bicyclic) bond motifs is 1. The van der Waals surface area contributed by atoms with Gasteiger partial charge in [0, 0.05) is 24.0 Å². The number of amides is 1. The number of aromatic amines is 1. The molecule has 0 saturated heterocycles. The predicted molar refractivity (Wildman–Crippen MR) is 149 cm³/mol. The molecule has 8 heteroatoms. The van der Waals surface area contributed by atoms with E-state index >= 15 is 0 Å². The van der Waals surface area contributed by atoms with Gasteiger partial charge in [0.2, 0.25) is 0 Å². The van der Waals surface area contributed by atoms with Gasteiger partial charge in [0.15, 0.2) is 5.69 Å². The van der Waals surface area contributed by atoms with Crippen molar-refractivity contribution in [1.82, 2.24) is 14.5 Å². The molecule has 2 aromatic carbocycles. The zero-order valence-corrected chi connectivity index (χ0v) is 21.7. The second kappa shape index (κ2) is 10.8. The minimum atomic E-state index is -0.677. The Balaban J connectivity index is 1.93. The van der Waals surface area contributed by atoms with Crippen LogP contribution in [-0.4, -0.2) is 27.0 Å². The molecule has 4 aromatic rings. The van der Waals surface area contributed by atoms with Crippen LogP contribution in [0, 0.1) is 12.8 Å². The number of hydrogen-bond acceptors (Lipinski definition) is 5. The van der Waals surface area contributed by atoms with Crippen LogP contribution in [0.4, 0.5) is 11.5 Å². The second-order valence-electron chi connectivity index (χ2n) is 9.75. The molecule has 0 aliphatic rings. The fraction of sp³-hybridized carbons (Fsp3) is 0.310. The first-order valence-corrected chi connectivity index (χ1v) is 12.6. The van der Waals surface area contributed by atoms with E-state index in [2.05, 4.69) is 4.98 Å². The lowest BCUT2D eigenvalue weighted by Gasteiger charge is -2.25. The van der Waals surface area contributed by atoms with Crippen molar-refractivity contribution in [2.24, 2.45) is 5.92 Å². The molecule has 1 amide bonds. The Morgan fingerprint density at radius 2 is 1.81 bits per heavy atom. The molecular weight excluding hydrogens is 466 g/mol. The number of aryl methyl sites for hydroxylation is 1. The van der Waals surface area contributed by atoms with Crippen LogP contribution >= 0.6 is 0 Å². The number of hydrogen-bond donors (Lipinski definition) is 2. The molecule has 8 nitrogen and oxygen atoms in total. The van der Waals surface area contributed by atoms with Crippen molar-refractivity contribution in [2.45, 2.75) is 47.1 Å². The van der Waals surface area contributed by atoms with Crippen molar-refractivity contribution < 1.29 is 4.79 Å². The van der Waals surface area contributed by atoms with Gasteiger partial charge in [0.25, 0.3) is 11.5 Å². The lowest BCUT2D eigenvalue weighted by atomic mass is 10.0. The van der Waals surface area contributed by atoms with Crippen LogP contribution in [0.1, 0.15) is 49.5 Å².